The fourth-order valence-corrected chi connectivity index (χ4v) is 3.19. The molecule has 0 unspecified atom stereocenters. The van der Waals surface area contributed by atoms with Crippen LogP contribution in [0.3, 0.4) is 0 Å². The molecule has 0 aliphatic heterocycles. The Hall–Kier alpha value is -4.54. The van der Waals surface area contributed by atoms with Crippen LogP contribution in [0.25, 0.3) is 11.3 Å². The Kier molecular flexibility index (Phi) is 9.26. The van der Waals surface area contributed by atoms with Crippen molar-refractivity contribution in [1.29, 1.82) is 0 Å². The Balaban J connectivity index is 1.53. The van der Waals surface area contributed by atoms with Crippen LogP contribution >= 0.6 is 0 Å². The molecule has 1 atom stereocenters. The molecule has 3 rings (SSSR count). The summed E-state index contributed by atoms with van der Waals surface area (Å²) in [7, 11) is 1.52. The molecule has 3 amide bonds. The van der Waals surface area contributed by atoms with Crippen LogP contribution in [-0.4, -0.2) is 42.9 Å². The minimum atomic E-state index is -0.632. The van der Waals surface area contributed by atoms with Gasteiger partial charge in [0.25, 0.3) is 0 Å². The van der Waals surface area contributed by atoms with Gasteiger partial charge in [0.1, 0.15) is 18.5 Å². The molecule has 0 saturated carbocycles. The standard InChI is InChI=1S/C25H28N4O7/c1-4-20(14-34-16(2)30)36-25(32)27-12-17-6-5-7-18(10-17)28-24(31)29-19-8-9-21(22(11-19)33-3)23-13-26-15-35-23/h5-11,13,15,20H,4,12,14H2,1-3H3,(H,27,32)(H2,28,29,31)/t20-/m1/s1. The molecular formula is C25H28N4O7. The van der Waals surface area contributed by atoms with Gasteiger partial charge in [0, 0.05) is 30.9 Å². The number of rotatable bonds is 10. The van der Waals surface area contributed by atoms with E-state index in [9.17, 15) is 14.4 Å². The number of hydrogen-bond donors (Lipinski definition) is 3. The highest BCUT2D eigenvalue weighted by Crippen LogP contribution is 2.32. The Bertz CT molecular complexity index is 1180. The van der Waals surface area contributed by atoms with Crippen molar-refractivity contribution in [3.05, 3.63) is 60.6 Å². The zero-order valence-electron chi connectivity index (χ0n) is 20.2. The molecule has 11 nitrogen and oxygen atoms in total. The molecule has 0 bridgehead atoms. The molecule has 0 radical (unpaired) electrons. The number of nitrogens with zero attached hydrogens (tertiary/aromatic N) is 1. The lowest BCUT2D eigenvalue weighted by molar-refractivity contribution is -0.144. The van der Waals surface area contributed by atoms with E-state index in [1.165, 1.54) is 20.4 Å². The van der Waals surface area contributed by atoms with Crippen molar-refractivity contribution in [2.24, 2.45) is 0 Å². The molecule has 0 aliphatic carbocycles. The highest BCUT2D eigenvalue weighted by molar-refractivity contribution is 6.00. The van der Waals surface area contributed by atoms with Crippen molar-refractivity contribution in [3.8, 4) is 17.1 Å². The molecule has 0 saturated heterocycles. The summed E-state index contributed by atoms with van der Waals surface area (Å²) in [6.07, 6.45) is 2.24. The molecule has 190 valence electrons. The van der Waals surface area contributed by atoms with E-state index in [-0.39, 0.29) is 13.2 Å². The van der Waals surface area contributed by atoms with Gasteiger partial charge in [-0.15, -0.1) is 0 Å². The molecule has 0 fully saturated rings. The maximum absolute atomic E-state index is 12.5. The van der Waals surface area contributed by atoms with Crippen LogP contribution in [0.2, 0.25) is 0 Å². The summed E-state index contributed by atoms with van der Waals surface area (Å²) in [5.74, 6) is 0.628. The maximum atomic E-state index is 12.5. The van der Waals surface area contributed by atoms with Crippen molar-refractivity contribution in [3.63, 3.8) is 0 Å². The van der Waals surface area contributed by atoms with E-state index in [0.29, 0.717) is 34.9 Å². The van der Waals surface area contributed by atoms with Crippen LogP contribution in [0.15, 0.2) is 59.5 Å². The SMILES string of the molecule is CC[C@H](COC(C)=O)OC(=O)NCc1cccc(NC(=O)Nc2ccc(-c3cnco3)c(OC)c2)c1. The molecule has 36 heavy (non-hydrogen) atoms. The van der Waals surface area contributed by atoms with Crippen molar-refractivity contribution in [2.45, 2.75) is 32.9 Å². The number of carbonyl (C=O) groups excluding carboxylic acids is 3. The zero-order chi connectivity index (χ0) is 25.9. The number of oxazole rings is 1. The van der Waals surface area contributed by atoms with E-state index >= 15 is 0 Å². The summed E-state index contributed by atoms with van der Waals surface area (Å²) < 4.78 is 20.9. The number of urea groups is 1. The molecule has 0 spiro atoms. The molecule has 1 aromatic heterocycles. The number of esters is 1. The number of amides is 3. The van der Waals surface area contributed by atoms with Gasteiger partial charge in [-0.05, 0) is 36.2 Å². The first-order valence-corrected chi connectivity index (χ1v) is 11.2. The lowest BCUT2D eigenvalue weighted by atomic mass is 10.1. The number of nitrogens with one attached hydrogen (secondary N) is 3. The second-order valence-electron chi connectivity index (χ2n) is 7.65. The monoisotopic (exact) mass is 496 g/mol. The Morgan fingerprint density at radius 1 is 1.08 bits per heavy atom. The van der Waals surface area contributed by atoms with Crippen molar-refractivity contribution in [1.82, 2.24) is 10.3 Å². The Morgan fingerprint density at radius 3 is 2.53 bits per heavy atom. The third-order valence-corrected chi connectivity index (χ3v) is 4.98. The molecule has 2 aromatic carbocycles. The van der Waals surface area contributed by atoms with Gasteiger partial charge in [-0.25, -0.2) is 14.6 Å². The largest absolute Gasteiger partial charge is 0.496 e. The molecule has 0 aliphatic rings. The van der Waals surface area contributed by atoms with Gasteiger partial charge >= 0.3 is 18.1 Å². The molecule has 3 N–H and O–H groups in total. The van der Waals surface area contributed by atoms with Crippen molar-refractivity contribution in [2.75, 3.05) is 24.4 Å². The Morgan fingerprint density at radius 2 is 1.86 bits per heavy atom. The van der Waals surface area contributed by atoms with Crippen LogP contribution in [0.5, 0.6) is 5.75 Å². The lowest BCUT2D eigenvalue weighted by Crippen LogP contribution is -2.31. The average molecular weight is 497 g/mol. The molecule has 3 aromatic rings. The van der Waals surface area contributed by atoms with Crippen LogP contribution in [0, 0.1) is 0 Å². The predicted molar refractivity (Wildman–Crippen MR) is 132 cm³/mol. The van der Waals surface area contributed by atoms with E-state index in [2.05, 4.69) is 20.9 Å². The highest BCUT2D eigenvalue weighted by Gasteiger charge is 2.14. The lowest BCUT2D eigenvalue weighted by Gasteiger charge is -2.16. The maximum Gasteiger partial charge on any atom is 0.407 e. The fraction of sp³-hybridized carbons (Fsp3) is 0.280. The van der Waals surface area contributed by atoms with E-state index in [4.69, 9.17) is 18.6 Å². The average Bonchev–Trinajstić information content (AvgIpc) is 3.40. The van der Waals surface area contributed by atoms with Crippen LogP contribution in [0.4, 0.5) is 21.0 Å². The predicted octanol–water partition coefficient (Wildman–Crippen LogP) is 4.56. The number of methoxy groups -OCH3 is 1. The quantitative estimate of drug-likeness (QED) is 0.347. The topological polar surface area (TPSA) is 141 Å². The number of ether oxygens (including phenoxy) is 3. The Labute approximate surface area is 208 Å². The first-order valence-electron chi connectivity index (χ1n) is 11.2. The normalized spacial score (nSPS) is 11.2. The number of hydrogen-bond acceptors (Lipinski definition) is 8. The number of anilines is 2. The van der Waals surface area contributed by atoms with Crippen LogP contribution in [-0.2, 0) is 20.8 Å². The highest BCUT2D eigenvalue weighted by atomic mass is 16.6. The second kappa shape index (κ2) is 12.8. The van der Waals surface area contributed by atoms with Gasteiger partial charge in [-0.1, -0.05) is 19.1 Å². The van der Waals surface area contributed by atoms with Gasteiger partial charge in [0.05, 0.1) is 18.9 Å². The van der Waals surface area contributed by atoms with E-state index in [0.717, 1.165) is 5.56 Å². The van der Waals surface area contributed by atoms with E-state index in [1.807, 2.05) is 6.92 Å². The van der Waals surface area contributed by atoms with Gasteiger partial charge in [-0.3, -0.25) is 4.79 Å². The summed E-state index contributed by atoms with van der Waals surface area (Å²) in [4.78, 5) is 39.4. The minimum absolute atomic E-state index is 0.00241. The van der Waals surface area contributed by atoms with Crippen LogP contribution in [0.1, 0.15) is 25.8 Å². The number of aromatic nitrogens is 1. The van der Waals surface area contributed by atoms with Gasteiger partial charge in [0.15, 0.2) is 12.2 Å². The third kappa shape index (κ3) is 7.76. The van der Waals surface area contributed by atoms with Crippen molar-refractivity contribution < 1.29 is 33.0 Å². The third-order valence-electron chi connectivity index (χ3n) is 4.98. The summed E-state index contributed by atoms with van der Waals surface area (Å²) in [6.45, 7) is 3.30. The first-order chi connectivity index (χ1) is 17.4. The van der Waals surface area contributed by atoms with Crippen LogP contribution < -0.4 is 20.7 Å². The molecule has 11 heteroatoms. The van der Waals surface area contributed by atoms with Gasteiger partial charge in [-0.2, -0.15) is 0 Å². The minimum Gasteiger partial charge on any atom is -0.496 e. The molecule has 1 heterocycles. The summed E-state index contributed by atoms with van der Waals surface area (Å²) >= 11 is 0. The number of alkyl carbamates (subject to hydrolysis) is 1. The fourth-order valence-electron chi connectivity index (χ4n) is 3.19. The van der Waals surface area contributed by atoms with Gasteiger partial charge in [0.2, 0.25) is 0 Å². The number of carbonyl (C=O) groups is 3. The van der Waals surface area contributed by atoms with Crippen molar-refractivity contribution >= 4 is 29.5 Å². The first kappa shape index (κ1) is 26.1. The summed E-state index contributed by atoms with van der Waals surface area (Å²) in [6, 6.07) is 11.7. The van der Waals surface area contributed by atoms with E-state index < -0.39 is 24.2 Å². The smallest absolute Gasteiger partial charge is 0.407 e. The number of benzene rings is 2. The van der Waals surface area contributed by atoms with Gasteiger partial charge < -0.3 is 34.6 Å². The summed E-state index contributed by atoms with van der Waals surface area (Å²) in [5.41, 5.74) is 2.51. The second-order valence-corrected chi connectivity index (χ2v) is 7.65. The summed E-state index contributed by atoms with van der Waals surface area (Å²) in [5, 5.41) is 8.15. The zero-order valence-corrected chi connectivity index (χ0v) is 20.2. The van der Waals surface area contributed by atoms with E-state index in [1.54, 1.807) is 48.7 Å². The molecular weight excluding hydrogens is 468 g/mol.